The van der Waals surface area contributed by atoms with Gasteiger partial charge >= 0.3 is 5.97 Å². The number of amides is 1. The monoisotopic (exact) mass is 373 g/mol. The van der Waals surface area contributed by atoms with E-state index in [1.807, 2.05) is 32.2 Å². The normalized spacial score (nSPS) is 24.0. The lowest BCUT2D eigenvalue weighted by atomic mass is 9.91. The Morgan fingerprint density at radius 2 is 2.14 bits per heavy atom. The van der Waals surface area contributed by atoms with Gasteiger partial charge in [-0.2, -0.15) is 0 Å². The number of halogens is 1. The topological polar surface area (TPSA) is 57.6 Å². The summed E-state index contributed by atoms with van der Waals surface area (Å²) >= 11 is 4.92. The van der Waals surface area contributed by atoms with Gasteiger partial charge in [0.2, 0.25) is 5.91 Å². The Balaban J connectivity index is 2.54. The van der Waals surface area contributed by atoms with Crippen molar-refractivity contribution in [1.29, 1.82) is 0 Å². The van der Waals surface area contributed by atoms with E-state index in [1.54, 1.807) is 4.90 Å². The molecule has 0 saturated carbocycles. The average molecular weight is 374 g/mol. The standard InChI is InChI=1S/C15H20BrNO3S/c1-15(2,3)17-12(18)6-4-5-10(14(19)20)13(17)11-7-9(16)8-21-11/h7-8,10,13H,4-6H2,1-3H3,(H,19,20). The average Bonchev–Trinajstić information content (AvgIpc) is 2.67. The molecule has 0 radical (unpaired) electrons. The molecule has 21 heavy (non-hydrogen) atoms. The van der Waals surface area contributed by atoms with Gasteiger partial charge in [-0.05, 0) is 55.6 Å². The zero-order valence-corrected chi connectivity index (χ0v) is 14.8. The van der Waals surface area contributed by atoms with Crippen molar-refractivity contribution < 1.29 is 14.7 Å². The lowest BCUT2D eigenvalue weighted by Gasteiger charge is -2.42. The molecule has 2 heterocycles. The smallest absolute Gasteiger partial charge is 0.308 e. The number of likely N-dealkylation sites (tertiary alicyclic amines) is 1. The molecule has 116 valence electrons. The fraction of sp³-hybridized carbons (Fsp3) is 0.600. The summed E-state index contributed by atoms with van der Waals surface area (Å²) < 4.78 is 0.928. The van der Waals surface area contributed by atoms with Gasteiger partial charge in [-0.15, -0.1) is 11.3 Å². The van der Waals surface area contributed by atoms with Crippen molar-refractivity contribution in [2.24, 2.45) is 5.92 Å². The van der Waals surface area contributed by atoms with E-state index in [2.05, 4.69) is 15.9 Å². The number of carbonyl (C=O) groups is 2. The molecule has 0 spiro atoms. The Morgan fingerprint density at radius 3 is 2.62 bits per heavy atom. The zero-order chi connectivity index (χ0) is 15.8. The minimum Gasteiger partial charge on any atom is -0.481 e. The van der Waals surface area contributed by atoms with Crippen LogP contribution in [-0.4, -0.2) is 27.4 Å². The van der Waals surface area contributed by atoms with Gasteiger partial charge in [-0.25, -0.2) is 0 Å². The van der Waals surface area contributed by atoms with Crippen LogP contribution >= 0.6 is 27.3 Å². The van der Waals surface area contributed by atoms with Crippen LogP contribution in [0, 0.1) is 5.92 Å². The van der Waals surface area contributed by atoms with Crippen LogP contribution in [0.5, 0.6) is 0 Å². The van der Waals surface area contributed by atoms with Crippen LogP contribution in [-0.2, 0) is 9.59 Å². The largest absolute Gasteiger partial charge is 0.481 e. The van der Waals surface area contributed by atoms with E-state index < -0.39 is 23.5 Å². The third-order valence-corrected chi connectivity index (χ3v) is 5.52. The molecule has 1 aromatic heterocycles. The van der Waals surface area contributed by atoms with Gasteiger partial charge in [-0.3, -0.25) is 9.59 Å². The van der Waals surface area contributed by atoms with E-state index in [-0.39, 0.29) is 5.91 Å². The second-order valence-corrected chi connectivity index (χ2v) is 8.24. The molecular formula is C15H20BrNO3S. The van der Waals surface area contributed by atoms with Gasteiger partial charge in [0.05, 0.1) is 12.0 Å². The van der Waals surface area contributed by atoms with Crippen LogP contribution < -0.4 is 0 Å². The number of nitrogens with zero attached hydrogens (tertiary/aromatic N) is 1. The fourth-order valence-corrected chi connectivity index (χ4v) is 4.54. The molecule has 1 saturated heterocycles. The Hall–Kier alpha value is -0.880. The highest BCUT2D eigenvalue weighted by Crippen LogP contribution is 2.42. The highest BCUT2D eigenvalue weighted by atomic mass is 79.9. The minimum atomic E-state index is -0.825. The van der Waals surface area contributed by atoms with E-state index in [0.29, 0.717) is 19.3 Å². The maximum atomic E-state index is 12.5. The third-order valence-electron chi connectivity index (χ3n) is 3.75. The lowest BCUT2D eigenvalue weighted by molar-refractivity contribution is -0.148. The summed E-state index contributed by atoms with van der Waals surface area (Å²) in [7, 11) is 0. The Labute approximate surface area is 137 Å². The number of hydrogen-bond acceptors (Lipinski definition) is 3. The molecule has 1 fully saturated rings. The predicted octanol–water partition coefficient (Wildman–Crippen LogP) is 4.06. The fourth-order valence-electron chi connectivity index (χ4n) is 2.95. The SMILES string of the molecule is CC(C)(C)N1C(=O)CCCC(C(=O)O)C1c1cc(Br)cs1. The highest BCUT2D eigenvalue weighted by molar-refractivity contribution is 9.10. The van der Waals surface area contributed by atoms with Gasteiger partial charge in [0, 0.05) is 26.7 Å². The molecule has 6 heteroatoms. The molecule has 1 aromatic rings. The summed E-state index contributed by atoms with van der Waals surface area (Å²) in [5.74, 6) is -1.34. The molecule has 2 rings (SSSR count). The number of rotatable bonds is 2. The number of carboxylic acids is 1. The van der Waals surface area contributed by atoms with Crippen molar-refractivity contribution in [3.63, 3.8) is 0 Å². The van der Waals surface area contributed by atoms with Gasteiger partial charge in [0.1, 0.15) is 0 Å². The van der Waals surface area contributed by atoms with Crippen LogP contribution in [0.4, 0.5) is 0 Å². The number of carboxylic acid groups (broad SMARTS) is 1. The zero-order valence-electron chi connectivity index (χ0n) is 12.4. The van der Waals surface area contributed by atoms with Crippen LogP contribution in [0.3, 0.4) is 0 Å². The Bertz CT molecular complexity index is 549. The molecule has 1 aliphatic heterocycles. The molecule has 1 amide bonds. The molecular weight excluding hydrogens is 354 g/mol. The maximum absolute atomic E-state index is 12.5. The second-order valence-electron chi connectivity index (χ2n) is 6.38. The summed E-state index contributed by atoms with van der Waals surface area (Å²) in [6, 6.07) is 1.54. The van der Waals surface area contributed by atoms with E-state index in [4.69, 9.17) is 0 Å². The van der Waals surface area contributed by atoms with E-state index in [0.717, 1.165) is 9.35 Å². The maximum Gasteiger partial charge on any atom is 0.308 e. The number of aliphatic carboxylic acids is 1. The van der Waals surface area contributed by atoms with Gasteiger partial charge in [0.15, 0.2) is 0 Å². The van der Waals surface area contributed by atoms with Gasteiger partial charge in [0.25, 0.3) is 0 Å². The van der Waals surface area contributed by atoms with E-state index in [9.17, 15) is 14.7 Å². The quantitative estimate of drug-likeness (QED) is 0.849. The summed E-state index contributed by atoms with van der Waals surface area (Å²) in [6.45, 7) is 5.89. The van der Waals surface area contributed by atoms with Gasteiger partial charge < -0.3 is 10.0 Å². The summed E-state index contributed by atoms with van der Waals surface area (Å²) in [6.07, 6.45) is 1.59. The van der Waals surface area contributed by atoms with E-state index >= 15 is 0 Å². The molecule has 1 N–H and O–H groups in total. The summed E-state index contributed by atoms with van der Waals surface area (Å²) in [4.78, 5) is 27.0. The highest BCUT2D eigenvalue weighted by Gasteiger charge is 2.43. The minimum absolute atomic E-state index is 0.0424. The van der Waals surface area contributed by atoms with Crippen LogP contribution in [0.15, 0.2) is 15.9 Å². The van der Waals surface area contributed by atoms with Crippen LogP contribution in [0.25, 0.3) is 0 Å². The molecule has 0 aliphatic carbocycles. The van der Waals surface area contributed by atoms with Crippen LogP contribution in [0.2, 0.25) is 0 Å². The van der Waals surface area contributed by atoms with E-state index in [1.165, 1.54) is 11.3 Å². The van der Waals surface area contributed by atoms with Crippen molar-refractivity contribution in [1.82, 2.24) is 4.90 Å². The first-order valence-corrected chi connectivity index (χ1v) is 8.68. The number of carbonyl (C=O) groups excluding carboxylic acids is 1. The first kappa shape index (κ1) is 16.5. The summed E-state index contributed by atoms with van der Waals surface area (Å²) in [5.41, 5.74) is -0.406. The van der Waals surface area contributed by atoms with Crippen molar-refractivity contribution in [2.45, 2.75) is 51.6 Å². The third kappa shape index (κ3) is 3.48. The summed E-state index contributed by atoms with van der Waals surface area (Å²) in [5, 5.41) is 11.6. The van der Waals surface area contributed by atoms with Crippen molar-refractivity contribution in [3.8, 4) is 0 Å². The first-order chi connectivity index (χ1) is 9.71. The van der Waals surface area contributed by atoms with Gasteiger partial charge in [-0.1, -0.05) is 0 Å². The van der Waals surface area contributed by atoms with Crippen molar-refractivity contribution >= 4 is 39.1 Å². The predicted molar refractivity (Wildman–Crippen MR) is 86.3 cm³/mol. The molecule has 4 nitrogen and oxygen atoms in total. The molecule has 2 unspecified atom stereocenters. The number of hydrogen-bond donors (Lipinski definition) is 1. The molecule has 0 bridgehead atoms. The number of thiophene rings is 1. The molecule has 1 aliphatic rings. The van der Waals surface area contributed by atoms with Crippen LogP contribution in [0.1, 0.15) is 51.0 Å². The lowest BCUT2D eigenvalue weighted by Crippen LogP contribution is -2.49. The van der Waals surface area contributed by atoms with Crippen molar-refractivity contribution in [3.05, 3.63) is 20.8 Å². The second kappa shape index (κ2) is 6.08. The Kier molecular flexibility index (Phi) is 4.78. The van der Waals surface area contributed by atoms with Crippen molar-refractivity contribution in [2.75, 3.05) is 0 Å². The Morgan fingerprint density at radius 1 is 1.48 bits per heavy atom. The molecule has 0 aromatic carbocycles. The molecule has 2 atom stereocenters. The first-order valence-electron chi connectivity index (χ1n) is 7.00.